The summed E-state index contributed by atoms with van der Waals surface area (Å²) < 4.78 is 1.01. The number of rotatable bonds is 4. The SMILES string of the molecule is O=C(Nc1cccc(NC(=O)C2CC2)c1)c1cccc(I)c1. The molecule has 0 atom stereocenters. The van der Waals surface area contributed by atoms with E-state index in [2.05, 4.69) is 33.2 Å². The van der Waals surface area contributed by atoms with Gasteiger partial charge in [0, 0.05) is 26.4 Å². The van der Waals surface area contributed by atoms with Gasteiger partial charge in [-0.05, 0) is 71.8 Å². The van der Waals surface area contributed by atoms with Crippen molar-refractivity contribution < 1.29 is 9.59 Å². The molecule has 1 aliphatic rings. The van der Waals surface area contributed by atoms with Crippen molar-refractivity contribution in [1.29, 1.82) is 0 Å². The van der Waals surface area contributed by atoms with E-state index in [1.54, 1.807) is 18.2 Å². The fraction of sp³-hybridized carbons (Fsp3) is 0.176. The Labute approximate surface area is 142 Å². The lowest BCUT2D eigenvalue weighted by molar-refractivity contribution is -0.117. The summed E-state index contributed by atoms with van der Waals surface area (Å²) >= 11 is 2.17. The van der Waals surface area contributed by atoms with Crippen molar-refractivity contribution >= 4 is 45.8 Å². The van der Waals surface area contributed by atoms with Crippen LogP contribution in [0.1, 0.15) is 23.2 Å². The topological polar surface area (TPSA) is 58.2 Å². The summed E-state index contributed by atoms with van der Waals surface area (Å²) in [4.78, 5) is 24.0. The average molecular weight is 406 g/mol. The van der Waals surface area contributed by atoms with Crippen LogP contribution < -0.4 is 10.6 Å². The summed E-state index contributed by atoms with van der Waals surface area (Å²) in [5.41, 5.74) is 1.98. The minimum absolute atomic E-state index is 0.0566. The second-order valence-electron chi connectivity index (χ2n) is 5.31. The minimum atomic E-state index is -0.163. The van der Waals surface area contributed by atoms with Crippen LogP contribution >= 0.6 is 22.6 Å². The van der Waals surface area contributed by atoms with Gasteiger partial charge in [0.15, 0.2) is 0 Å². The van der Waals surface area contributed by atoms with E-state index in [0.717, 1.165) is 16.4 Å². The molecule has 2 aromatic rings. The largest absolute Gasteiger partial charge is 0.326 e. The van der Waals surface area contributed by atoms with Gasteiger partial charge in [0.05, 0.1) is 0 Å². The highest BCUT2D eigenvalue weighted by Crippen LogP contribution is 2.30. The third-order valence-electron chi connectivity index (χ3n) is 3.42. The summed E-state index contributed by atoms with van der Waals surface area (Å²) in [6, 6.07) is 14.6. The maximum Gasteiger partial charge on any atom is 0.255 e. The third-order valence-corrected chi connectivity index (χ3v) is 4.09. The Hall–Kier alpha value is -1.89. The molecule has 22 heavy (non-hydrogen) atoms. The molecule has 0 aliphatic heterocycles. The Morgan fingerprint density at radius 3 is 2.32 bits per heavy atom. The van der Waals surface area contributed by atoms with Gasteiger partial charge in [-0.2, -0.15) is 0 Å². The van der Waals surface area contributed by atoms with Crippen molar-refractivity contribution in [2.75, 3.05) is 10.6 Å². The first-order chi connectivity index (χ1) is 10.6. The highest BCUT2D eigenvalue weighted by Gasteiger charge is 2.29. The maximum absolute atomic E-state index is 12.2. The molecule has 2 amide bonds. The molecule has 0 radical (unpaired) electrons. The molecule has 4 nitrogen and oxygen atoms in total. The highest BCUT2D eigenvalue weighted by molar-refractivity contribution is 14.1. The van der Waals surface area contributed by atoms with Gasteiger partial charge in [-0.3, -0.25) is 9.59 Å². The number of carbonyl (C=O) groups excluding carboxylic acids is 2. The molecule has 2 aromatic carbocycles. The number of amides is 2. The molecule has 112 valence electrons. The summed E-state index contributed by atoms with van der Waals surface area (Å²) in [6.45, 7) is 0. The van der Waals surface area contributed by atoms with Gasteiger partial charge >= 0.3 is 0 Å². The predicted octanol–water partition coefficient (Wildman–Crippen LogP) is 3.89. The lowest BCUT2D eigenvalue weighted by atomic mass is 10.2. The Balaban J connectivity index is 1.69. The molecule has 1 saturated carbocycles. The molecule has 1 fully saturated rings. The molecule has 5 heteroatoms. The third kappa shape index (κ3) is 3.85. The fourth-order valence-corrected chi connectivity index (χ4v) is 2.64. The van der Waals surface area contributed by atoms with Crippen LogP contribution in [0.25, 0.3) is 0 Å². The van der Waals surface area contributed by atoms with Crippen molar-refractivity contribution in [2.24, 2.45) is 5.92 Å². The first-order valence-corrected chi connectivity index (χ1v) is 8.17. The minimum Gasteiger partial charge on any atom is -0.326 e. The van der Waals surface area contributed by atoms with Crippen molar-refractivity contribution in [3.05, 3.63) is 57.7 Å². The van der Waals surface area contributed by atoms with E-state index in [9.17, 15) is 9.59 Å². The van der Waals surface area contributed by atoms with E-state index in [1.807, 2.05) is 30.3 Å². The molecule has 0 bridgehead atoms. The van der Waals surface area contributed by atoms with Crippen LogP contribution in [0.3, 0.4) is 0 Å². The van der Waals surface area contributed by atoms with E-state index in [-0.39, 0.29) is 17.7 Å². The van der Waals surface area contributed by atoms with E-state index in [1.165, 1.54) is 0 Å². The van der Waals surface area contributed by atoms with Crippen molar-refractivity contribution in [2.45, 2.75) is 12.8 Å². The van der Waals surface area contributed by atoms with Gasteiger partial charge in [-0.15, -0.1) is 0 Å². The zero-order valence-electron chi connectivity index (χ0n) is 11.8. The second-order valence-corrected chi connectivity index (χ2v) is 6.55. The second kappa shape index (κ2) is 6.48. The van der Waals surface area contributed by atoms with Crippen LogP contribution in [0.2, 0.25) is 0 Å². The first-order valence-electron chi connectivity index (χ1n) is 7.10. The van der Waals surface area contributed by atoms with Crippen molar-refractivity contribution in [3.8, 4) is 0 Å². The van der Waals surface area contributed by atoms with E-state index in [0.29, 0.717) is 16.9 Å². The molecule has 2 N–H and O–H groups in total. The smallest absolute Gasteiger partial charge is 0.255 e. The Morgan fingerprint density at radius 1 is 0.955 bits per heavy atom. The van der Waals surface area contributed by atoms with Crippen molar-refractivity contribution in [3.63, 3.8) is 0 Å². The van der Waals surface area contributed by atoms with E-state index < -0.39 is 0 Å². The van der Waals surface area contributed by atoms with Crippen LogP contribution in [-0.4, -0.2) is 11.8 Å². The van der Waals surface area contributed by atoms with Gasteiger partial charge in [0.1, 0.15) is 0 Å². The Morgan fingerprint density at radius 2 is 1.64 bits per heavy atom. The molecule has 3 rings (SSSR count). The van der Waals surface area contributed by atoms with Gasteiger partial charge in [0.2, 0.25) is 5.91 Å². The quantitative estimate of drug-likeness (QED) is 0.757. The average Bonchev–Trinajstić information content (AvgIpc) is 3.32. The summed E-state index contributed by atoms with van der Waals surface area (Å²) in [7, 11) is 0. The summed E-state index contributed by atoms with van der Waals surface area (Å²) in [6.07, 6.45) is 1.93. The van der Waals surface area contributed by atoms with E-state index in [4.69, 9.17) is 0 Å². The molecule has 0 aromatic heterocycles. The number of anilines is 2. The number of nitrogens with one attached hydrogen (secondary N) is 2. The van der Waals surface area contributed by atoms with Gasteiger partial charge in [-0.25, -0.2) is 0 Å². The zero-order valence-corrected chi connectivity index (χ0v) is 14.0. The summed E-state index contributed by atoms with van der Waals surface area (Å²) in [5.74, 6) is 0.0508. The molecular weight excluding hydrogens is 391 g/mol. The molecule has 0 spiro atoms. The predicted molar refractivity (Wildman–Crippen MR) is 94.9 cm³/mol. The first kappa shape index (κ1) is 15.0. The van der Waals surface area contributed by atoms with Gasteiger partial charge < -0.3 is 10.6 Å². The van der Waals surface area contributed by atoms with Gasteiger partial charge in [-0.1, -0.05) is 12.1 Å². The fourth-order valence-electron chi connectivity index (χ4n) is 2.10. The van der Waals surface area contributed by atoms with Crippen LogP contribution in [0.5, 0.6) is 0 Å². The molecule has 0 saturated heterocycles. The number of hydrogen-bond acceptors (Lipinski definition) is 2. The van der Waals surface area contributed by atoms with Crippen LogP contribution in [0.4, 0.5) is 11.4 Å². The number of carbonyl (C=O) groups is 2. The van der Waals surface area contributed by atoms with Crippen molar-refractivity contribution in [1.82, 2.24) is 0 Å². The summed E-state index contributed by atoms with van der Waals surface area (Å²) in [5, 5.41) is 5.73. The molecule has 0 unspecified atom stereocenters. The molecule has 0 heterocycles. The van der Waals surface area contributed by atoms with E-state index >= 15 is 0 Å². The lowest BCUT2D eigenvalue weighted by Crippen LogP contribution is -2.14. The van der Waals surface area contributed by atoms with Gasteiger partial charge in [0.25, 0.3) is 5.91 Å². The zero-order chi connectivity index (χ0) is 15.5. The lowest BCUT2D eigenvalue weighted by Gasteiger charge is -2.09. The maximum atomic E-state index is 12.2. The van der Waals surface area contributed by atoms with Crippen LogP contribution in [-0.2, 0) is 4.79 Å². The number of benzene rings is 2. The molecule has 1 aliphatic carbocycles. The Kier molecular flexibility index (Phi) is 4.42. The normalized spacial score (nSPS) is 13.5. The standard InChI is InChI=1S/C17H15IN2O2/c18-13-4-1-3-12(9-13)17(22)20-15-6-2-5-14(10-15)19-16(21)11-7-8-11/h1-6,9-11H,7-8H2,(H,19,21)(H,20,22). The van der Waals surface area contributed by atoms with Crippen LogP contribution in [0.15, 0.2) is 48.5 Å². The number of hydrogen-bond donors (Lipinski definition) is 2. The van der Waals surface area contributed by atoms with Crippen LogP contribution in [0, 0.1) is 9.49 Å². The monoisotopic (exact) mass is 406 g/mol. The molecular formula is C17H15IN2O2. The Bertz CT molecular complexity index is 726. The highest BCUT2D eigenvalue weighted by atomic mass is 127. The number of halogens is 1.